The summed E-state index contributed by atoms with van der Waals surface area (Å²) in [5, 5.41) is 13.6. The Kier molecular flexibility index (Phi) is 3.58. The SMILES string of the molecule is O=C(O)c1c(Br)cccc1-n1cc(-c2ccccc2)cn1. The maximum Gasteiger partial charge on any atom is 0.339 e. The van der Waals surface area contributed by atoms with Gasteiger partial charge in [0.2, 0.25) is 0 Å². The molecule has 104 valence electrons. The van der Waals surface area contributed by atoms with Gasteiger partial charge in [-0.05, 0) is 33.6 Å². The molecule has 21 heavy (non-hydrogen) atoms. The summed E-state index contributed by atoms with van der Waals surface area (Å²) in [6.07, 6.45) is 3.55. The highest BCUT2D eigenvalue weighted by molar-refractivity contribution is 9.10. The van der Waals surface area contributed by atoms with Crippen molar-refractivity contribution < 1.29 is 9.90 Å². The van der Waals surface area contributed by atoms with Crippen LogP contribution < -0.4 is 0 Å². The lowest BCUT2D eigenvalue weighted by atomic mass is 10.1. The minimum absolute atomic E-state index is 0.195. The van der Waals surface area contributed by atoms with Crippen LogP contribution in [-0.2, 0) is 0 Å². The average Bonchev–Trinajstić information content (AvgIpc) is 2.97. The highest BCUT2D eigenvalue weighted by Crippen LogP contribution is 2.25. The summed E-state index contributed by atoms with van der Waals surface area (Å²) in [4.78, 5) is 11.4. The second kappa shape index (κ2) is 5.54. The smallest absolute Gasteiger partial charge is 0.339 e. The number of rotatable bonds is 3. The monoisotopic (exact) mass is 342 g/mol. The van der Waals surface area contributed by atoms with Crippen LogP contribution in [0.25, 0.3) is 16.8 Å². The third-order valence-corrected chi connectivity index (χ3v) is 3.80. The molecule has 4 nitrogen and oxygen atoms in total. The highest BCUT2D eigenvalue weighted by Gasteiger charge is 2.16. The predicted octanol–water partition coefficient (Wildman–Crippen LogP) is 4.00. The van der Waals surface area contributed by atoms with E-state index < -0.39 is 5.97 Å². The summed E-state index contributed by atoms with van der Waals surface area (Å²) >= 11 is 3.27. The number of aromatic nitrogens is 2. The Morgan fingerprint density at radius 2 is 1.81 bits per heavy atom. The molecular weight excluding hydrogens is 332 g/mol. The first kappa shape index (κ1) is 13.6. The second-order valence-corrected chi connectivity index (χ2v) is 5.33. The molecule has 2 aromatic carbocycles. The molecule has 0 fully saturated rings. The topological polar surface area (TPSA) is 55.1 Å². The van der Waals surface area contributed by atoms with Gasteiger partial charge in [-0.15, -0.1) is 0 Å². The van der Waals surface area contributed by atoms with E-state index in [0.29, 0.717) is 10.2 Å². The number of hydrogen-bond donors (Lipinski definition) is 1. The zero-order valence-corrected chi connectivity index (χ0v) is 12.5. The van der Waals surface area contributed by atoms with Gasteiger partial charge in [0, 0.05) is 16.2 Å². The number of hydrogen-bond acceptors (Lipinski definition) is 2. The molecule has 0 aliphatic rings. The van der Waals surface area contributed by atoms with E-state index in [-0.39, 0.29) is 5.56 Å². The average molecular weight is 343 g/mol. The molecule has 0 spiro atoms. The zero-order chi connectivity index (χ0) is 14.8. The largest absolute Gasteiger partial charge is 0.478 e. The standard InChI is InChI=1S/C16H11BrN2O2/c17-13-7-4-8-14(15(13)16(20)21)19-10-12(9-18-19)11-5-2-1-3-6-11/h1-10H,(H,20,21). The Labute approximate surface area is 129 Å². The van der Waals surface area contributed by atoms with Gasteiger partial charge in [-0.3, -0.25) is 0 Å². The van der Waals surface area contributed by atoms with Crippen molar-refractivity contribution in [1.29, 1.82) is 0 Å². The van der Waals surface area contributed by atoms with Crippen molar-refractivity contribution in [2.24, 2.45) is 0 Å². The fourth-order valence-corrected chi connectivity index (χ4v) is 2.67. The molecular formula is C16H11BrN2O2. The fraction of sp³-hybridized carbons (Fsp3) is 0. The predicted molar refractivity (Wildman–Crippen MR) is 83.7 cm³/mol. The van der Waals surface area contributed by atoms with Crippen LogP contribution in [0.5, 0.6) is 0 Å². The number of halogens is 1. The number of carboxylic acid groups (broad SMARTS) is 1. The molecule has 0 bridgehead atoms. The number of benzene rings is 2. The molecule has 3 aromatic rings. The Bertz CT molecular complexity index is 797. The number of aromatic carboxylic acids is 1. The van der Waals surface area contributed by atoms with E-state index in [1.807, 2.05) is 36.5 Å². The Balaban J connectivity index is 2.09. The van der Waals surface area contributed by atoms with Gasteiger partial charge in [-0.2, -0.15) is 5.10 Å². The van der Waals surface area contributed by atoms with Gasteiger partial charge >= 0.3 is 5.97 Å². The molecule has 0 aliphatic heterocycles. The first-order valence-electron chi connectivity index (χ1n) is 6.29. The van der Waals surface area contributed by atoms with Crippen LogP contribution in [0.2, 0.25) is 0 Å². The van der Waals surface area contributed by atoms with Crippen molar-refractivity contribution >= 4 is 21.9 Å². The third-order valence-electron chi connectivity index (χ3n) is 3.14. The number of carboxylic acids is 1. The van der Waals surface area contributed by atoms with Gasteiger partial charge in [0.1, 0.15) is 0 Å². The minimum Gasteiger partial charge on any atom is -0.478 e. The molecule has 1 N–H and O–H groups in total. The molecule has 0 unspecified atom stereocenters. The quantitative estimate of drug-likeness (QED) is 0.782. The van der Waals surface area contributed by atoms with Crippen molar-refractivity contribution in [3.05, 3.63) is 71.0 Å². The van der Waals surface area contributed by atoms with Crippen LogP contribution >= 0.6 is 15.9 Å². The molecule has 0 saturated carbocycles. The van der Waals surface area contributed by atoms with Gasteiger partial charge in [0.05, 0.1) is 17.4 Å². The van der Waals surface area contributed by atoms with E-state index in [1.165, 1.54) is 0 Å². The maximum absolute atomic E-state index is 11.4. The molecule has 0 aliphatic carbocycles. The van der Waals surface area contributed by atoms with Crippen molar-refractivity contribution in [3.63, 3.8) is 0 Å². The van der Waals surface area contributed by atoms with Crippen molar-refractivity contribution in [3.8, 4) is 16.8 Å². The normalized spacial score (nSPS) is 10.5. The van der Waals surface area contributed by atoms with Crippen molar-refractivity contribution in [2.75, 3.05) is 0 Å². The van der Waals surface area contributed by atoms with Crippen LogP contribution in [-0.4, -0.2) is 20.9 Å². The van der Waals surface area contributed by atoms with Gasteiger partial charge in [-0.1, -0.05) is 36.4 Å². The van der Waals surface area contributed by atoms with Gasteiger partial charge in [-0.25, -0.2) is 9.48 Å². The third kappa shape index (κ3) is 2.60. The van der Waals surface area contributed by atoms with Gasteiger partial charge in [0.25, 0.3) is 0 Å². The lowest BCUT2D eigenvalue weighted by Gasteiger charge is -2.07. The minimum atomic E-state index is -0.991. The summed E-state index contributed by atoms with van der Waals surface area (Å²) in [5.41, 5.74) is 2.70. The first-order chi connectivity index (χ1) is 10.2. The summed E-state index contributed by atoms with van der Waals surface area (Å²) in [5.74, 6) is -0.991. The zero-order valence-electron chi connectivity index (χ0n) is 10.9. The van der Waals surface area contributed by atoms with E-state index in [0.717, 1.165) is 11.1 Å². The van der Waals surface area contributed by atoms with E-state index in [1.54, 1.807) is 29.1 Å². The molecule has 1 heterocycles. The number of nitrogens with zero attached hydrogens (tertiary/aromatic N) is 2. The molecule has 0 atom stereocenters. The molecule has 0 radical (unpaired) electrons. The summed E-state index contributed by atoms with van der Waals surface area (Å²) in [6.45, 7) is 0. The van der Waals surface area contributed by atoms with E-state index >= 15 is 0 Å². The Hall–Kier alpha value is -2.40. The van der Waals surface area contributed by atoms with Crippen molar-refractivity contribution in [2.45, 2.75) is 0 Å². The summed E-state index contributed by atoms with van der Waals surface area (Å²) < 4.78 is 2.11. The van der Waals surface area contributed by atoms with Crippen LogP contribution in [0.4, 0.5) is 0 Å². The summed E-state index contributed by atoms with van der Waals surface area (Å²) in [6, 6.07) is 15.1. The number of carbonyl (C=O) groups is 1. The van der Waals surface area contributed by atoms with E-state index in [9.17, 15) is 9.90 Å². The molecule has 3 rings (SSSR count). The van der Waals surface area contributed by atoms with E-state index in [4.69, 9.17) is 0 Å². The lowest BCUT2D eigenvalue weighted by Crippen LogP contribution is -2.06. The molecule has 0 saturated heterocycles. The molecule has 1 aromatic heterocycles. The lowest BCUT2D eigenvalue weighted by molar-refractivity contribution is 0.0695. The fourth-order valence-electron chi connectivity index (χ4n) is 2.15. The van der Waals surface area contributed by atoms with E-state index in [2.05, 4.69) is 21.0 Å². The van der Waals surface area contributed by atoms with Crippen LogP contribution in [0.3, 0.4) is 0 Å². The first-order valence-corrected chi connectivity index (χ1v) is 7.08. The van der Waals surface area contributed by atoms with Gasteiger partial charge in [0.15, 0.2) is 0 Å². The Morgan fingerprint density at radius 1 is 1.05 bits per heavy atom. The van der Waals surface area contributed by atoms with Crippen LogP contribution in [0, 0.1) is 0 Å². The summed E-state index contributed by atoms with van der Waals surface area (Å²) in [7, 11) is 0. The van der Waals surface area contributed by atoms with Crippen molar-refractivity contribution in [1.82, 2.24) is 9.78 Å². The molecule has 5 heteroatoms. The Morgan fingerprint density at radius 3 is 2.52 bits per heavy atom. The van der Waals surface area contributed by atoms with Crippen LogP contribution in [0.15, 0.2) is 65.4 Å². The molecule has 0 amide bonds. The van der Waals surface area contributed by atoms with Crippen LogP contribution in [0.1, 0.15) is 10.4 Å². The maximum atomic E-state index is 11.4. The second-order valence-electron chi connectivity index (χ2n) is 4.48. The van der Waals surface area contributed by atoms with Gasteiger partial charge < -0.3 is 5.11 Å². The highest BCUT2D eigenvalue weighted by atomic mass is 79.9.